The van der Waals surface area contributed by atoms with Crippen molar-refractivity contribution < 1.29 is 4.74 Å². The Labute approximate surface area is 169 Å². The first-order chi connectivity index (χ1) is 13.3. The van der Waals surface area contributed by atoms with Gasteiger partial charge in [-0.3, -0.25) is 0 Å². The van der Waals surface area contributed by atoms with Crippen LogP contribution in [0.1, 0.15) is 5.56 Å². The van der Waals surface area contributed by atoms with E-state index in [9.17, 15) is 0 Å². The molecule has 27 heavy (non-hydrogen) atoms. The fourth-order valence-electron chi connectivity index (χ4n) is 3.28. The van der Waals surface area contributed by atoms with E-state index in [2.05, 4.69) is 59.4 Å². The quantitative estimate of drug-likeness (QED) is 0.338. The Morgan fingerprint density at radius 2 is 1.41 bits per heavy atom. The molecule has 0 atom stereocenters. The summed E-state index contributed by atoms with van der Waals surface area (Å²) in [5.41, 5.74) is 5.61. The van der Waals surface area contributed by atoms with Crippen molar-refractivity contribution in [1.29, 1.82) is 0 Å². The van der Waals surface area contributed by atoms with Crippen LogP contribution in [-0.2, 0) is 0 Å². The molecule has 3 nitrogen and oxygen atoms in total. The Kier molecular flexibility index (Phi) is 4.22. The Hall–Kier alpha value is -2.56. The van der Waals surface area contributed by atoms with Crippen molar-refractivity contribution in [2.24, 2.45) is 0 Å². The number of hydrogen-bond donors (Lipinski definition) is 0. The van der Waals surface area contributed by atoms with Crippen LogP contribution in [0.25, 0.3) is 22.5 Å². The van der Waals surface area contributed by atoms with Crippen LogP contribution in [0, 0.1) is 6.92 Å². The van der Waals surface area contributed by atoms with Crippen molar-refractivity contribution in [3.8, 4) is 34.0 Å². The third-order valence-corrected chi connectivity index (χ3v) is 9.34. The van der Waals surface area contributed by atoms with Crippen molar-refractivity contribution in [3.05, 3.63) is 84.7 Å². The van der Waals surface area contributed by atoms with Crippen LogP contribution in [0.15, 0.2) is 79.1 Å². The normalized spacial score (nSPS) is 12.0. The van der Waals surface area contributed by atoms with Gasteiger partial charge in [0, 0.05) is 0 Å². The van der Waals surface area contributed by atoms with Crippen LogP contribution >= 0.6 is 0 Å². The Morgan fingerprint density at radius 3 is 2.11 bits per heavy atom. The standard InChI is InChI=1S/C23H16N2O.Po/c1-17-13-19(23-10-3-5-12-25-23)16-21(14-17)26-20-8-6-7-18(15-20)22-9-2-4-11-24-22;/h2-14H,1H3;. The van der Waals surface area contributed by atoms with E-state index in [0.717, 1.165) is 22.9 Å². The van der Waals surface area contributed by atoms with Crippen LogP contribution in [0.5, 0.6) is 11.5 Å². The van der Waals surface area contributed by atoms with Gasteiger partial charge in [0.2, 0.25) is 0 Å². The minimum atomic E-state index is -1.07. The average Bonchev–Trinajstić information content (AvgIpc) is 2.72. The molecule has 4 heteroatoms. The monoisotopic (exact) mass is 545 g/mol. The SMILES string of the molecule is Cc1cc2[c](c(-c3ccccn3)c1)[Po][c]1c(cccc1-c1ccccn1)O2. The van der Waals surface area contributed by atoms with Crippen LogP contribution in [0.3, 0.4) is 0 Å². The molecular weight excluding hydrogens is 529 g/mol. The number of benzene rings is 2. The molecule has 1 aliphatic rings. The fraction of sp³-hybridized carbons (Fsp3) is 0.0435. The van der Waals surface area contributed by atoms with Gasteiger partial charge in [-0.15, -0.1) is 0 Å². The zero-order valence-corrected chi connectivity index (χ0v) is 17.9. The van der Waals surface area contributed by atoms with Crippen molar-refractivity contribution in [2.45, 2.75) is 6.92 Å². The number of pyridine rings is 2. The van der Waals surface area contributed by atoms with Crippen molar-refractivity contribution in [2.75, 3.05) is 0 Å². The molecule has 2 aromatic heterocycles. The molecule has 0 saturated carbocycles. The topological polar surface area (TPSA) is 35.0 Å². The van der Waals surface area contributed by atoms with E-state index in [-0.39, 0.29) is 0 Å². The van der Waals surface area contributed by atoms with Crippen LogP contribution in [0.2, 0.25) is 0 Å². The molecule has 0 amide bonds. The number of rotatable bonds is 2. The van der Waals surface area contributed by atoms with Gasteiger partial charge in [0.25, 0.3) is 0 Å². The summed E-state index contributed by atoms with van der Waals surface area (Å²) in [5.74, 6) is 1.97. The first-order valence-electron chi connectivity index (χ1n) is 8.76. The second kappa shape index (κ2) is 6.87. The second-order valence-electron chi connectivity index (χ2n) is 6.41. The molecule has 0 aliphatic carbocycles. The molecule has 0 radical (unpaired) electrons. The van der Waals surface area contributed by atoms with Crippen LogP contribution < -0.4 is 11.2 Å². The summed E-state index contributed by atoms with van der Waals surface area (Å²) in [4.78, 5) is 9.16. The zero-order chi connectivity index (χ0) is 18.2. The Bertz CT molecular complexity index is 1130. The summed E-state index contributed by atoms with van der Waals surface area (Å²) in [7, 11) is 0. The Balaban J connectivity index is 1.69. The van der Waals surface area contributed by atoms with E-state index in [1.165, 1.54) is 23.1 Å². The molecular formula is C23H16N2OPo. The van der Waals surface area contributed by atoms with E-state index in [1.54, 1.807) is 0 Å². The van der Waals surface area contributed by atoms with Crippen LogP contribution in [-0.4, -0.2) is 33.5 Å². The van der Waals surface area contributed by atoms with Gasteiger partial charge in [-0.05, 0) is 0 Å². The third kappa shape index (κ3) is 3.05. The number of hydrogen-bond acceptors (Lipinski definition) is 3. The van der Waals surface area contributed by atoms with E-state index >= 15 is 0 Å². The second-order valence-corrected chi connectivity index (χ2v) is 10.4. The molecule has 0 saturated heterocycles. The summed E-state index contributed by atoms with van der Waals surface area (Å²) in [6.45, 7) is 2.11. The molecule has 130 valence electrons. The third-order valence-electron chi connectivity index (χ3n) is 4.48. The van der Waals surface area contributed by atoms with E-state index in [1.807, 2.05) is 36.7 Å². The van der Waals surface area contributed by atoms with E-state index < -0.39 is 23.6 Å². The first kappa shape index (κ1) is 16.6. The molecule has 1 aliphatic heterocycles. The Morgan fingerprint density at radius 1 is 0.704 bits per heavy atom. The van der Waals surface area contributed by atoms with Crippen LogP contribution in [0.4, 0.5) is 0 Å². The molecule has 2 aromatic carbocycles. The summed E-state index contributed by atoms with van der Waals surface area (Å²) in [6, 6.07) is 22.8. The van der Waals surface area contributed by atoms with Gasteiger partial charge >= 0.3 is 170 Å². The van der Waals surface area contributed by atoms with Gasteiger partial charge in [0.05, 0.1) is 0 Å². The zero-order valence-electron chi connectivity index (χ0n) is 14.7. The molecule has 4 aromatic rings. The van der Waals surface area contributed by atoms with E-state index in [0.29, 0.717) is 0 Å². The van der Waals surface area contributed by atoms with Gasteiger partial charge in [0.1, 0.15) is 0 Å². The molecule has 0 fully saturated rings. The fourth-order valence-corrected chi connectivity index (χ4v) is 7.83. The average molecular weight is 545 g/mol. The van der Waals surface area contributed by atoms with Gasteiger partial charge in [0.15, 0.2) is 0 Å². The molecule has 0 bridgehead atoms. The first-order valence-corrected chi connectivity index (χ1v) is 11.9. The molecule has 0 unspecified atom stereocenters. The predicted octanol–water partition coefficient (Wildman–Crippen LogP) is 3.88. The van der Waals surface area contributed by atoms with Crippen molar-refractivity contribution >= 4 is 30.0 Å². The number of nitrogens with zero attached hydrogens (tertiary/aromatic N) is 2. The number of aromatic nitrogens is 2. The predicted molar refractivity (Wildman–Crippen MR) is 109 cm³/mol. The number of aryl methyl sites for hydroxylation is 1. The summed E-state index contributed by atoms with van der Waals surface area (Å²) in [5, 5.41) is 0. The maximum atomic E-state index is 6.37. The summed E-state index contributed by atoms with van der Waals surface area (Å²) in [6.07, 6.45) is 3.70. The minimum absolute atomic E-state index is 0.980. The maximum absolute atomic E-state index is 6.37. The van der Waals surface area contributed by atoms with Gasteiger partial charge in [-0.25, -0.2) is 0 Å². The summed E-state index contributed by atoms with van der Waals surface area (Å²) >= 11 is -1.07. The summed E-state index contributed by atoms with van der Waals surface area (Å²) < 4.78 is 9.05. The van der Waals surface area contributed by atoms with Gasteiger partial charge in [-0.1, -0.05) is 0 Å². The van der Waals surface area contributed by atoms with Crippen molar-refractivity contribution in [3.63, 3.8) is 0 Å². The molecule has 3 heterocycles. The number of fused-ring (bicyclic) bond motifs is 2. The molecule has 0 spiro atoms. The van der Waals surface area contributed by atoms with Crippen molar-refractivity contribution in [1.82, 2.24) is 9.97 Å². The number of ether oxygens (including phenoxy) is 1. The molecule has 5 rings (SSSR count). The van der Waals surface area contributed by atoms with Gasteiger partial charge < -0.3 is 0 Å². The van der Waals surface area contributed by atoms with E-state index in [4.69, 9.17) is 4.74 Å². The van der Waals surface area contributed by atoms with Gasteiger partial charge in [-0.2, -0.15) is 0 Å². The molecule has 0 N–H and O–H groups in total.